The molecule has 1 aliphatic carbocycles. The first-order chi connectivity index (χ1) is 12.3. The van der Waals surface area contributed by atoms with Crippen LogP contribution in [0.4, 0.5) is 5.69 Å². The summed E-state index contributed by atoms with van der Waals surface area (Å²) in [6.07, 6.45) is 0.891. The number of hydrogen-bond acceptors (Lipinski definition) is 4. The molecule has 4 rings (SSSR count). The van der Waals surface area contributed by atoms with Crippen molar-refractivity contribution in [2.24, 2.45) is 5.92 Å². The van der Waals surface area contributed by atoms with Crippen molar-refractivity contribution in [3.8, 4) is 5.75 Å². The molecule has 4 nitrogen and oxygen atoms in total. The number of ether oxygens (including phenoxy) is 1. The maximum absolute atomic E-state index is 12.6. The Balaban J connectivity index is 1.36. The van der Waals surface area contributed by atoms with Crippen molar-refractivity contribution in [3.63, 3.8) is 0 Å². The molecular formula is C21H24N2O2. The van der Waals surface area contributed by atoms with Crippen LogP contribution in [0.2, 0.25) is 0 Å². The second-order valence-corrected chi connectivity index (χ2v) is 6.88. The minimum Gasteiger partial charge on any atom is -0.495 e. The maximum Gasteiger partial charge on any atom is 0.167 e. The number of carbonyl (C=O) groups is 1. The highest BCUT2D eigenvalue weighted by atomic mass is 16.5. The fourth-order valence-corrected chi connectivity index (χ4v) is 4.04. The highest BCUT2D eigenvalue weighted by Crippen LogP contribution is 2.30. The van der Waals surface area contributed by atoms with Gasteiger partial charge in [0.1, 0.15) is 5.75 Å². The Labute approximate surface area is 149 Å². The van der Waals surface area contributed by atoms with Crippen LogP contribution in [0.5, 0.6) is 5.75 Å². The molecule has 1 unspecified atom stereocenters. The number of fused-ring (bicyclic) bond motifs is 1. The molecule has 2 aromatic rings. The second kappa shape index (κ2) is 6.89. The van der Waals surface area contributed by atoms with E-state index in [0.29, 0.717) is 5.78 Å². The molecule has 0 radical (unpaired) electrons. The van der Waals surface area contributed by atoms with Gasteiger partial charge in [0.25, 0.3) is 0 Å². The molecule has 1 atom stereocenters. The van der Waals surface area contributed by atoms with Crippen LogP contribution in [-0.4, -0.2) is 50.5 Å². The van der Waals surface area contributed by atoms with E-state index in [-0.39, 0.29) is 5.92 Å². The minimum absolute atomic E-state index is 0.121. The molecule has 25 heavy (non-hydrogen) atoms. The zero-order chi connectivity index (χ0) is 17.2. The smallest absolute Gasteiger partial charge is 0.167 e. The molecule has 0 bridgehead atoms. The predicted molar refractivity (Wildman–Crippen MR) is 99.6 cm³/mol. The molecule has 0 amide bonds. The van der Waals surface area contributed by atoms with E-state index in [1.54, 1.807) is 7.11 Å². The summed E-state index contributed by atoms with van der Waals surface area (Å²) in [5.74, 6) is 1.37. The van der Waals surface area contributed by atoms with Gasteiger partial charge in [0.15, 0.2) is 5.78 Å². The van der Waals surface area contributed by atoms with E-state index in [4.69, 9.17) is 4.74 Å². The Hall–Kier alpha value is -2.33. The summed E-state index contributed by atoms with van der Waals surface area (Å²) in [6.45, 7) is 4.77. The number of rotatable bonds is 4. The molecule has 0 N–H and O–H groups in total. The average molecular weight is 336 g/mol. The Bertz CT molecular complexity index is 766. The van der Waals surface area contributed by atoms with Crippen LogP contribution in [0.1, 0.15) is 15.9 Å². The van der Waals surface area contributed by atoms with Crippen LogP contribution >= 0.6 is 0 Å². The lowest BCUT2D eigenvalue weighted by Gasteiger charge is -2.37. The van der Waals surface area contributed by atoms with Gasteiger partial charge in [0.2, 0.25) is 0 Å². The van der Waals surface area contributed by atoms with Crippen LogP contribution in [0.25, 0.3) is 0 Å². The number of Topliss-reactive ketones (excluding diaryl/α,β-unsaturated/α-hetero) is 1. The SMILES string of the molecule is COc1ccccc1N1CCN(CC2Cc3ccccc3C2=O)CC1. The van der Waals surface area contributed by atoms with Gasteiger partial charge in [-0.2, -0.15) is 0 Å². The number of nitrogens with zero attached hydrogens (tertiary/aromatic N) is 2. The number of ketones is 1. The fraction of sp³-hybridized carbons (Fsp3) is 0.381. The van der Waals surface area contributed by atoms with E-state index < -0.39 is 0 Å². The lowest BCUT2D eigenvalue weighted by molar-refractivity contribution is 0.0897. The van der Waals surface area contributed by atoms with Crippen LogP contribution in [0.3, 0.4) is 0 Å². The van der Waals surface area contributed by atoms with Crippen molar-refractivity contribution in [2.75, 3.05) is 44.7 Å². The van der Waals surface area contributed by atoms with Crippen LogP contribution in [-0.2, 0) is 6.42 Å². The highest BCUT2D eigenvalue weighted by Gasteiger charge is 2.32. The van der Waals surface area contributed by atoms with Gasteiger partial charge in [-0.25, -0.2) is 0 Å². The summed E-state index contributed by atoms with van der Waals surface area (Å²) >= 11 is 0. The van der Waals surface area contributed by atoms with Gasteiger partial charge in [-0.05, 0) is 24.1 Å². The largest absolute Gasteiger partial charge is 0.495 e. The Morgan fingerprint density at radius 3 is 2.48 bits per heavy atom. The molecule has 1 saturated heterocycles. The van der Waals surface area contributed by atoms with Crippen LogP contribution in [0.15, 0.2) is 48.5 Å². The van der Waals surface area contributed by atoms with E-state index >= 15 is 0 Å². The third kappa shape index (κ3) is 3.14. The van der Waals surface area contributed by atoms with Gasteiger partial charge in [-0.1, -0.05) is 36.4 Å². The molecule has 2 aliphatic rings. The number of methoxy groups -OCH3 is 1. The maximum atomic E-state index is 12.6. The third-order valence-electron chi connectivity index (χ3n) is 5.40. The molecule has 1 aliphatic heterocycles. The van der Waals surface area contributed by atoms with Crippen molar-refractivity contribution in [1.29, 1.82) is 0 Å². The number of para-hydroxylation sites is 2. The minimum atomic E-state index is 0.121. The average Bonchev–Trinajstić information content (AvgIpc) is 2.98. The summed E-state index contributed by atoms with van der Waals surface area (Å²) in [6, 6.07) is 16.2. The van der Waals surface area contributed by atoms with Gasteiger partial charge >= 0.3 is 0 Å². The molecule has 0 aromatic heterocycles. The van der Waals surface area contributed by atoms with Gasteiger partial charge in [-0.3, -0.25) is 9.69 Å². The van der Waals surface area contributed by atoms with Crippen LogP contribution < -0.4 is 9.64 Å². The molecule has 0 spiro atoms. The predicted octanol–water partition coefficient (Wildman–Crippen LogP) is 2.87. The van der Waals surface area contributed by atoms with E-state index in [9.17, 15) is 4.79 Å². The lowest BCUT2D eigenvalue weighted by atomic mass is 10.0. The van der Waals surface area contributed by atoms with Crippen LogP contribution in [0, 0.1) is 5.92 Å². The van der Waals surface area contributed by atoms with Crippen molar-refractivity contribution in [3.05, 3.63) is 59.7 Å². The number of carbonyl (C=O) groups excluding carboxylic acids is 1. The van der Waals surface area contributed by atoms with Crippen molar-refractivity contribution in [1.82, 2.24) is 4.90 Å². The quantitative estimate of drug-likeness (QED) is 0.859. The monoisotopic (exact) mass is 336 g/mol. The fourth-order valence-electron chi connectivity index (χ4n) is 4.04. The first-order valence-electron chi connectivity index (χ1n) is 8.98. The topological polar surface area (TPSA) is 32.8 Å². The first-order valence-corrected chi connectivity index (χ1v) is 8.98. The normalized spacial score (nSPS) is 20.6. The van der Waals surface area contributed by atoms with Gasteiger partial charge < -0.3 is 9.64 Å². The summed E-state index contributed by atoms with van der Waals surface area (Å²) < 4.78 is 5.48. The third-order valence-corrected chi connectivity index (χ3v) is 5.40. The molecule has 2 aromatic carbocycles. The summed E-state index contributed by atoms with van der Waals surface area (Å²) in [5.41, 5.74) is 3.30. The van der Waals surface area contributed by atoms with Crippen molar-refractivity contribution < 1.29 is 9.53 Å². The highest BCUT2D eigenvalue weighted by molar-refractivity contribution is 6.02. The molecule has 1 fully saturated rings. The first kappa shape index (κ1) is 16.2. The Morgan fingerprint density at radius 2 is 1.72 bits per heavy atom. The van der Waals surface area contributed by atoms with Crippen molar-refractivity contribution >= 4 is 11.5 Å². The number of benzene rings is 2. The molecule has 1 heterocycles. The van der Waals surface area contributed by atoms with Gasteiger partial charge in [0.05, 0.1) is 12.8 Å². The van der Waals surface area contributed by atoms with E-state index in [1.165, 1.54) is 5.56 Å². The number of anilines is 1. The van der Waals surface area contributed by atoms with E-state index in [0.717, 1.165) is 56.1 Å². The summed E-state index contributed by atoms with van der Waals surface area (Å²) in [7, 11) is 1.72. The van der Waals surface area contributed by atoms with Gasteiger partial charge in [-0.15, -0.1) is 0 Å². The van der Waals surface area contributed by atoms with Gasteiger partial charge in [0, 0.05) is 44.2 Å². The van der Waals surface area contributed by atoms with Crippen molar-refractivity contribution in [2.45, 2.75) is 6.42 Å². The molecule has 4 heteroatoms. The van der Waals surface area contributed by atoms with E-state index in [2.05, 4.69) is 28.0 Å². The second-order valence-electron chi connectivity index (χ2n) is 6.88. The zero-order valence-corrected chi connectivity index (χ0v) is 14.6. The summed E-state index contributed by atoms with van der Waals surface area (Å²) in [4.78, 5) is 17.4. The Morgan fingerprint density at radius 1 is 1.00 bits per heavy atom. The molecular weight excluding hydrogens is 312 g/mol. The molecule has 0 saturated carbocycles. The number of piperazine rings is 1. The standard InChI is InChI=1S/C21H24N2O2/c1-25-20-9-5-4-8-19(20)23-12-10-22(11-13-23)15-17-14-16-6-2-3-7-18(16)21(17)24/h2-9,17H,10-15H2,1H3. The number of hydrogen-bond donors (Lipinski definition) is 0. The lowest BCUT2D eigenvalue weighted by Crippen LogP contribution is -2.48. The Kier molecular flexibility index (Phi) is 4.45. The summed E-state index contributed by atoms with van der Waals surface area (Å²) in [5, 5.41) is 0. The molecule has 130 valence electrons. The zero-order valence-electron chi connectivity index (χ0n) is 14.6. The van der Waals surface area contributed by atoms with E-state index in [1.807, 2.05) is 30.3 Å².